The summed E-state index contributed by atoms with van der Waals surface area (Å²) in [6, 6.07) is 9.35. The van der Waals surface area contributed by atoms with Crippen molar-refractivity contribution in [3.63, 3.8) is 0 Å². The number of methoxy groups -OCH3 is 4. The van der Waals surface area contributed by atoms with Crippen molar-refractivity contribution < 1.29 is 23.7 Å². The Bertz CT molecular complexity index is 697. The Balaban J connectivity index is 2.30. The molecule has 24 heavy (non-hydrogen) atoms. The third-order valence-corrected chi connectivity index (χ3v) is 3.69. The van der Waals surface area contributed by atoms with Crippen molar-refractivity contribution in [2.24, 2.45) is 0 Å². The van der Waals surface area contributed by atoms with Crippen LogP contribution in [0.2, 0.25) is 0 Å². The Morgan fingerprint density at radius 3 is 2.21 bits per heavy atom. The number of rotatable bonds is 7. The Morgan fingerprint density at radius 1 is 0.958 bits per heavy atom. The standard InChI is InChI=1S/C18H21NO5/c1-21-13-8-5-12(6-9-13)7-10-14-15(18(20)24-4)11-16(22-2)19-17(14)23-3/h5-6,8-9,11H,7,10H2,1-4H3. The van der Waals surface area contributed by atoms with Crippen molar-refractivity contribution >= 4 is 5.97 Å². The molecule has 0 atom stereocenters. The molecule has 0 bridgehead atoms. The lowest BCUT2D eigenvalue weighted by Gasteiger charge is -2.13. The third kappa shape index (κ3) is 3.95. The van der Waals surface area contributed by atoms with E-state index in [0.29, 0.717) is 29.3 Å². The van der Waals surface area contributed by atoms with Gasteiger partial charge in [-0.05, 0) is 30.5 Å². The second kappa shape index (κ2) is 8.19. The molecule has 0 spiro atoms. The van der Waals surface area contributed by atoms with Gasteiger partial charge in [0.1, 0.15) is 5.75 Å². The molecule has 0 aliphatic rings. The molecule has 0 N–H and O–H groups in total. The van der Waals surface area contributed by atoms with Crippen molar-refractivity contribution in [3.8, 4) is 17.5 Å². The molecule has 6 nitrogen and oxygen atoms in total. The maximum atomic E-state index is 12.1. The fourth-order valence-corrected chi connectivity index (χ4v) is 2.39. The minimum absolute atomic E-state index is 0.306. The van der Waals surface area contributed by atoms with Crippen LogP contribution in [0.1, 0.15) is 21.5 Å². The topological polar surface area (TPSA) is 66.9 Å². The number of ether oxygens (including phenoxy) is 4. The zero-order valence-electron chi connectivity index (χ0n) is 14.3. The first-order valence-electron chi connectivity index (χ1n) is 7.46. The molecule has 1 heterocycles. The number of aromatic nitrogens is 1. The van der Waals surface area contributed by atoms with Crippen LogP contribution in [-0.4, -0.2) is 39.4 Å². The number of aryl methyl sites for hydroxylation is 1. The predicted octanol–water partition coefficient (Wildman–Crippen LogP) is 2.68. The highest BCUT2D eigenvalue weighted by molar-refractivity contribution is 5.92. The minimum atomic E-state index is -0.446. The molecule has 128 valence electrons. The van der Waals surface area contributed by atoms with Gasteiger partial charge >= 0.3 is 5.97 Å². The molecule has 1 aromatic heterocycles. The molecular formula is C18H21NO5. The maximum absolute atomic E-state index is 12.1. The van der Waals surface area contributed by atoms with Crippen LogP contribution >= 0.6 is 0 Å². The molecule has 0 saturated heterocycles. The zero-order valence-corrected chi connectivity index (χ0v) is 14.3. The fourth-order valence-electron chi connectivity index (χ4n) is 2.39. The van der Waals surface area contributed by atoms with Crippen LogP contribution in [0.3, 0.4) is 0 Å². The van der Waals surface area contributed by atoms with Gasteiger partial charge in [0.05, 0.1) is 34.0 Å². The van der Waals surface area contributed by atoms with E-state index in [4.69, 9.17) is 18.9 Å². The highest BCUT2D eigenvalue weighted by Gasteiger charge is 2.20. The van der Waals surface area contributed by atoms with Gasteiger partial charge in [0.25, 0.3) is 0 Å². The minimum Gasteiger partial charge on any atom is -0.497 e. The largest absolute Gasteiger partial charge is 0.497 e. The SMILES string of the molecule is COC(=O)c1cc(OC)nc(OC)c1CCc1ccc(OC)cc1. The summed E-state index contributed by atoms with van der Waals surface area (Å²) < 4.78 is 20.5. The summed E-state index contributed by atoms with van der Waals surface area (Å²) in [4.78, 5) is 16.3. The average molecular weight is 331 g/mol. The van der Waals surface area contributed by atoms with E-state index in [9.17, 15) is 4.79 Å². The van der Waals surface area contributed by atoms with Crippen LogP contribution < -0.4 is 14.2 Å². The lowest BCUT2D eigenvalue weighted by Crippen LogP contribution is -2.10. The summed E-state index contributed by atoms with van der Waals surface area (Å²) in [5, 5.41) is 0. The van der Waals surface area contributed by atoms with Gasteiger partial charge in [-0.15, -0.1) is 0 Å². The Labute approximate surface area is 141 Å². The van der Waals surface area contributed by atoms with Crippen LogP contribution in [0.4, 0.5) is 0 Å². The van der Waals surface area contributed by atoms with E-state index in [1.807, 2.05) is 24.3 Å². The predicted molar refractivity (Wildman–Crippen MR) is 89.1 cm³/mol. The molecular weight excluding hydrogens is 310 g/mol. The number of nitrogens with zero attached hydrogens (tertiary/aromatic N) is 1. The van der Waals surface area contributed by atoms with Gasteiger partial charge in [0.15, 0.2) is 0 Å². The van der Waals surface area contributed by atoms with Crippen LogP contribution in [-0.2, 0) is 17.6 Å². The summed E-state index contributed by atoms with van der Waals surface area (Å²) in [6.45, 7) is 0. The number of hydrogen-bond donors (Lipinski definition) is 0. The van der Waals surface area contributed by atoms with Crippen LogP contribution in [0.15, 0.2) is 30.3 Å². The number of carbonyl (C=O) groups is 1. The van der Waals surface area contributed by atoms with E-state index in [1.54, 1.807) is 13.2 Å². The molecule has 1 aromatic carbocycles. The number of hydrogen-bond acceptors (Lipinski definition) is 6. The van der Waals surface area contributed by atoms with Crippen LogP contribution in [0.25, 0.3) is 0 Å². The van der Waals surface area contributed by atoms with Crippen LogP contribution in [0.5, 0.6) is 17.5 Å². The number of esters is 1. The van der Waals surface area contributed by atoms with Crippen molar-refractivity contribution in [2.45, 2.75) is 12.8 Å². The normalized spacial score (nSPS) is 10.2. The molecule has 0 radical (unpaired) electrons. The second-order valence-corrected chi connectivity index (χ2v) is 5.04. The van der Waals surface area contributed by atoms with E-state index in [1.165, 1.54) is 21.3 Å². The van der Waals surface area contributed by atoms with Gasteiger partial charge in [-0.2, -0.15) is 4.98 Å². The Hall–Kier alpha value is -2.76. The lowest BCUT2D eigenvalue weighted by molar-refractivity contribution is 0.0598. The molecule has 6 heteroatoms. The van der Waals surface area contributed by atoms with Gasteiger partial charge < -0.3 is 18.9 Å². The van der Waals surface area contributed by atoms with Crippen molar-refractivity contribution in [3.05, 3.63) is 47.0 Å². The van der Waals surface area contributed by atoms with Crippen LogP contribution in [0, 0.1) is 0 Å². The fraction of sp³-hybridized carbons (Fsp3) is 0.333. The van der Waals surface area contributed by atoms with Gasteiger partial charge in [-0.3, -0.25) is 0 Å². The first kappa shape index (κ1) is 17.6. The highest BCUT2D eigenvalue weighted by Crippen LogP contribution is 2.27. The number of pyridine rings is 1. The quantitative estimate of drug-likeness (QED) is 0.727. The van der Waals surface area contributed by atoms with Crippen molar-refractivity contribution in [2.75, 3.05) is 28.4 Å². The molecule has 0 fully saturated rings. The highest BCUT2D eigenvalue weighted by atomic mass is 16.5. The first-order valence-corrected chi connectivity index (χ1v) is 7.46. The van der Waals surface area contributed by atoms with E-state index in [2.05, 4.69) is 4.98 Å². The van der Waals surface area contributed by atoms with E-state index in [0.717, 1.165) is 17.7 Å². The molecule has 2 aromatic rings. The molecule has 0 unspecified atom stereocenters. The van der Waals surface area contributed by atoms with Gasteiger partial charge in [0.2, 0.25) is 11.8 Å². The monoisotopic (exact) mass is 331 g/mol. The lowest BCUT2D eigenvalue weighted by atomic mass is 10.0. The number of benzene rings is 1. The molecule has 0 amide bonds. The third-order valence-electron chi connectivity index (χ3n) is 3.69. The van der Waals surface area contributed by atoms with Crippen molar-refractivity contribution in [1.29, 1.82) is 0 Å². The first-order chi connectivity index (χ1) is 11.6. The summed E-state index contributed by atoms with van der Waals surface area (Å²) in [6.07, 6.45) is 1.30. The van der Waals surface area contributed by atoms with Gasteiger partial charge in [-0.1, -0.05) is 12.1 Å². The smallest absolute Gasteiger partial charge is 0.338 e. The second-order valence-electron chi connectivity index (χ2n) is 5.04. The van der Waals surface area contributed by atoms with Gasteiger partial charge in [-0.25, -0.2) is 4.79 Å². The van der Waals surface area contributed by atoms with E-state index >= 15 is 0 Å². The molecule has 0 saturated carbocycles. The zero-order chi connectivity index (χ0) is 17.5. The molecule has 0 aliphatic carbocycles. The summed E-state index contributed by atoms with van der Waals surface area (Å²) in [7, 11) is 5.97. The number of carbonyl (C=O) groups excluding carboxylic acids is 1. The summed E-state index contributed by atoms with van der Waals surface area (Å²) in [5.41, 5.74) is 2.21. The average Bonchev–Trinajstić information content (AvgIpc) is 2.65. The summed E-state index contributed by atoms with van der Waals surface area (Å²) in [5.74, 6) is 1.03. The maximum Gasteiger partial charge on any atom is 0.338 e. The Kier molecular flexibility index (Phi) is 6.01. The van der Waals surface area contributed by atoms with E-state index < -0.39 is 5.97 Å². The Morgan fingerprint density at radius 2 is 1.67 bits per heavy atom. The molecule has 0 aliphatic heterocycles. The molecule has 2 rings (SSSR count). The van der Waals surface area contributed by atoms with E-state index in [-0.39, 0.29) is 0 Å². The van der Waals surface area contributed by atoms with Gasteiger partial charge in [0, 0.05) is 11.6 Å². The summed E-state index contributed by atoms with van der Waals surface area (Å²) >= 11 is 0. The van der Waals surface area contributed by atoms with Crippen molar-refractivity contribution in [1.82, 2.24) is 4.98 Å².